The highest BCUT2D eigenvalue weighted by molar-refractivity contribution is 6.30. The largest absolute Gasteiger partial charge is 0.497 e. The molecule has 0 fully saturated rings. The zero-order valence-electron chi connectivity index (χ0n) is 19.0. The van der Waals surface area contributed by atoms with Gasteiger partial charge < -0.3 is 15.2 Å². The van der Waals surface area contributed by atoms with Crippen LogP contribution in [0.15, 0.2) is 42.5 Å². The topological polar surface area (TPSA) is 97.6 Å². The quantitative estimate of drug-likeness (QED) is 0.506. The number of halogens is 1. The molecule has 0 saturated heterocycles. The number of rotatable bonds is 8. The molecule has 0 aliphatic heterocycles. The van der Waals surface area contributed by atoms with Gasteiger partial charge in [0.15, 0.2) is 0 Å². The third-order valence-electron chi connectivity index (χ3n) is 5.51. The lowest BCUT2D eigenvalue weighted by Gasteiger charge is -2.16. The van der Waals surface area contributed by atoms with E-state index in [0.717, 1.165) is 0 Å². The van der Waals surface area contributed by atoms with E-state index in [0.29, 0.717) is 44.9 Å². The molecule has 3 aromatic rings. The predicted octanol–water partition coefficient (Wildman–Crippen LogP) is 4.46. The normalized spacial score (nSPS) is 12.1. The van der Waals surface area contributed by atoms with Gasteiger partial charge in [0.1, 0.15) is 11.8 Å². The van der Waals surface area contributed by atoms with Crippen LogP contribution in [0.2, 0.25) is 5.02 Å². The Morgan fingerprint density at radius 3 is 2.36 bits per heavy atom. The summed E-state index contributed by atoms with van der Waals surface area (Å²) in [4.78, 5) is 37.7. The number of aliphatic carboxylic acids is 1. The number of methoxy groups -OCH3 is 1. The minimum absolute atomic E-state index is 0.0712. The molecular formula is C25H27ClN2O5. The van der Waals surface area contributed by atoms with E-state index < -0.39 is 17.9 Å². The molecule has 0 unspecified atom stereocenters. The van der Waals surface area contributed by atoms with Crippen LogP contribution < -0.4 is 10.1 Å². The maximum Gasteiger partial charge on any atom is 0.326 e. The van der Waals surface area contributed by atoms with Crippen LogP contribution in [0.4, 0.5) is 0 Å². The van der Waals surface area contributed by atoms with Gasteiger partial charge in [-0.3, -0.25) is 14.2 Å². The smallest absolute Gasteiger partial charge is 0.326 e. The number of nitrogens with one attached hydrogen (secondary N) is 1. The van der Waals surface area contributed by atoms with Crippen molar-refractivity contribution in [1.29, 1.82) is 0 Å². The van der Waals surface area contributed by atoms with Crippen molar-refractivity contribution in [3.05, 3.63) is 64.3 Å². The van der Waals surface area contributed by atoms with Crippen LogP contribution in [0.3, 0.4) is 0 Å². The average Bonchev–Trinajstić information content (AvgIpc) is 3.03. The molecule has 174 valence electrons. The highest BCUT2D eigenvalue weighted by Gasteiger charge is 2.25. The summed E-state index contributed by atoms with van der Waals surface area (Å²) in [6.07, 6.45) is 0.253. The maximum atomic E-state index is 13.3. The van der Waals surface area contributed by atoms with Crippen molar-refractivity contribution in [2.75, 3.05) is 7.11 Å². The number of carbonyl (C=O) groups is 3. The highest BCUT2D eigenvalue weighted by atomic mass is 35.5. The van der Waals surface area contributed by atoms with Crippen LogP contribution in [0.5, 0.6) is 5.75 Å². The van der Waals surface area contributed by atoms with E-state index in [9.17, 15) is 19.5 Å². The van der Waals surface area contributed by atoms with Crippen molar-refractivity contribution >= 4 is 40.3 Å². The third kappa shape index (κ3) is 5.37. The standard InChI is InChI=1S/C25H27ClN2O5/c1-14(2)11-21(25(31)32)27-23(29)13-19-15(3)28(22-10-9-18(33-4)12-20(19)22)24(30)16-5-7-17(26)8-6-16/h5-10,12,14,21H,11,13H2,1-4H3,(H,27,29)(H,31,32)/t21-/m0/s1. The molecule has 2 N–H and O–H groups in total. The van der Waals surface area contributed by atoms with Crippen LogP contribution in [-0.2, 0) is 16.0 Å². The van der Waals surface area contributed by atoms with Gasteiger partial charge in [-0.15, -0.1) is 0 Å². The lowest BCUT2D eigenvalue weighted by Crippen LogP contribution is -2.42. The lowest BCUT2D eigenvalue weighted by atomic mass is 10.0. The Kier molecular flexibility index (Phi) is 7.43. The molecular weight excluding hydrogens is 444 g/mol. The summed E-state index contributed by atoms with van der Waals surface area (Å²) in [5.74, 6) is -1.06. The van der Waals surface area contributed by atoms with Crippen LogP contribution in [0, 0.1) is 12.8 Å². The summed E-state index contributed by atoms with van der Waals surface area (Å²) >= 11 is 5.96. The fourth-order valence-electron chi connectivity index (χ4n) is 3.89. The number of fused-ring (bicyclic) bond motifs is 1. The Labute approximate surface area is 197 Å². The minimum atomic E-state index is -1.07. The van der Waals surface area contributed by atoms with E-state index in [1.807, 2.05) is 13.8 Å². The van der Waals surface area contributed by atoms with Gasteiger partial charge >= 0.3 is 5.97 Å². The number of carboxylic acids is 1. The molecule has 7 nitrogen and oxygen atoms in total. The van der Waals surface area contributed by atoms with Gasteiger partial charge in [0.2, 0.25) is 5.91 Å². The van der Waals surface area contributed by atoms with Crippen molar-refractivity contribution in [3.8, 4) is 5.75 Å². The van der Waals surface area contributed by atoms with E-state index >= 15 is 0 Å². The Morgan fingerprint density at radius 2 is 1.79 bits per heavy atom. The first-order valence-corrected chi connectivity index (χ1v) is 11.0. The SMILES string of the molecule is COc1ccc2c(c1)c(CC(=O)N[C@@H](CC(C)C)C(=O)O)c(C)n2C(=O)c1ccc(Cl)cc1. The van der Waals surface area contributed by atoms with Gasteiger partial charge in [0.05, 0.1) is 19.0 Å². The summed E-state index contributed by atoms with van der Waals surface area (Å²) in [6, 6.07) is 10.9. The third-order valence-corrected chi connectivity index (χ3v) is 5.77. The van der Waals surface area contributed by atoms with Crippen LogP contribution in [0.1, 0.15) is 41.9 Å². The van der Waals surface area contributed by atoms with Gasteiger partial charge in [-0.1, -0.05) is 25.4 Å². The van der Waals surface area contributed by atoms with Crippen molar-refractivity contribution in [3.63, 3.8) is 0 Å². The Bertz CT molecular complexity index is 1200. The first kappa shape index (κ1) is 24.3. The van der Waals surface area contributed by atoms with Crippen molar-refractivity contribution in [2.24, 2.45) is 5.92 Å². The molecule has 3 rings (SSSR count). The number of carbonyl (C=O) groups excluding carboxylic acids is 2. The van der Waals surface area contributed by atoms with Gasteiger partial charge in [0.25, 0.3) is 5.91 Å². The summed E-state index contributed by atoms with van der Waals surface area (Å²) in [6.45, 7) is 5.56. The van der Waals surface area contributed by atoms with Gasteiger partial charge in [0, 0.05) is 21.7 Å². The van der Waals surface area contributed by atoms with Crippen LogP contribution in [0.25, 0.3) is 10.9 Å². The van der Waals surface area contributed by atoms with Crippen LogP contribution in [-0.4, -0.2) is 40.6 Å². The second-order valence-corrected chi connectivity index (χ2v) is 8.80. The van der Waals surface area contributed by atoms with Gasteiger partial charge in [-0.25, -0.2) is 4.79 Å². The van der Waals surface area contributed by atoms with Crippen molar-refractivity contribution in [1.82, 2.24) is 9.88 Å². The van der Waals surface area contributed by atoms with E-state index in [4.69, 9.17) is 16.3 Å². The molecule has 0 radical (unpaired) electrons. The Hall–Kier alpha value is -3.32. The molecule has 0 spiro atoms. The number of hydrogen-bond acceptors (Lipinski definition) is 4. The first-order valence-electron chi connectivity index (χ1n) is 10.6. The molecule has 8 heteroatoms. The Balaban J connectivity index is 2.03. The molecule has 0 saturated carbocycles. The monoisotopic (exact) mass is 470 g/mol. The predicted molar refractivity (Wildman–Crippen MR) is 127 cm³/mol. The molecule has 0 aliphatic rings. The van der Waals surface area contributed by atoms with Crippen LogP contribution >= 0.6 is 11.6 Å². The summed E-state index contributed by atoms with van der Waals surface area (Å²) in [5, 5.41) is 13.3. The Morgan fingerprint density at radius 1 is 1.12 bits per heavy atom. The number of carboxylic acid groups (broad SMARTS) is 1. The van der Waals surface area contributed by atoms with E-state index in [1.54, 1.807) is 61.1 Å². The molecule has 0 aliphatic carbocycles. The molecule has 1 atom stereocenters. The number of amides is 1. The fraction of sp³-hybridized carbons (Fsp3) is 0.320. The summed E-state index contributed by atoms with van der Waals surface area (Å²) < 4.78 is 6.90. The second-order valence-electron chi connectivity index (χ2n) is 8.36. The summed E-state index contributed by atoms with van der Waals surface area (Å²) in [5.41, 5.74) is 2.32. The molecule has 0 bridgehead atoms. The molecule has 1 heterocycles. The van der Waals surface area contributed by atoms with E-state index in [1.165, 1.54) is 0 Å². The number of benzene rings is 2. The zero-order valence-corrected chi connectivity index (χ0v) is 19.8. The van der Waals surface area contributed by atoms with Crippen molar-refractivity contribution in [2.45, 2.75) is 39.7 Å². The second kappa shape index (κ2) is 10.1. The fourth-order valence-corrected chi connectivity index (χ4v) is 4.02. The maximum absolute atomic E-state index is 13.3. The number of ether oxygens (including phenoxy) is 1. The molecule has 33 heavy (non-hydrogen) atoms. The highest BCUT2D eigenvalue weighted by Crippen LogP contribution is 2.31. The molecule has 2 aromatic carbocycles. The van der Waals surface area contributed by atoms with Gasteiger partial charge in [-0.2, -0.15) is 0 Å². The number of hydrogen-bond donors (Lipinski definition) is 2. The first-order chi connectivity index (χ1) is 15.6. The lowest BCUT2D eigenvalue weighted by molar-refractivity contribution is -0.142. The molecule has 1 aromatic heterocycles. The minimum Gasteiger partial charge on any atom is -0.497 e. The van der Waals surface area contributed by atoms with E-state index in [-0.39, 0.29) is 18.2 Å². The van der Waals surface area contributed by atoms with E-state index in [2.05, 4.69) is 5.32 Å². The average molecular weight is 471 g/mol. The molecule has 1 amide bonds. The number of nitrogens with zero attached hydrogens (tertiary/aromatic N) is 1. The van der Waals surface area contributed by atoms with Crippen molar-refractivity contribution < 1.29 is 24.2 Å². The number of aromatic nitrogens is 1. The van der Waals surface area contributed by atoms with Gasteiger partial charge in [-0.05, 0) is 67.3 Å². The summed E-state index contributed by atoms with van der Waals surface area (Å²) in [7, 11) is 1.54. The zero-order chi connectivity index (χ0) is 24.3.